The molecule has 4 rings (SSSR count). The summed E-state index contributed by atoms with van der Waals surface area (Å²) in [6, 6.07) is 11.7. The molecule has 0 saturated heterocycles. The molecule has 0 saturated carbocycles. The summed E-state index contributed by atoms with van der Waals surface area (Å²) >= 11 is 1.49. The lowest BCUT2D eigenvalue weighted by Crippen LogP contribution is -2.10. The van der Waals surface area contributed by atoms with Gasteiger partial charge in [0.2, 0.25) is 5.89 Å². The average molecular weight is 397 g/mol. The van der Waals surface area contributed by atoms with Crippen LogP contribution >= 0.6 is 11.3 Å². The van der Waals surface area contributed by atoms with E-state index in [-0.39, 0.29) is 6.01 Å². The Morgan fingerprint density at radius 2 is 1.96 bits per heavy atom. The number of fused-ring (bicyclic) bond motifs is 1. The third-order valence-electron chi connectivity index (χ3n) is 4.04. The summed E-state index contributed by atoms with van der Waals surface area (Å²) in [5.74, 6) is 1.91. The molecule has 0 spiro atoms. The third-order valence-corrected chi connectivity index (χ3v) is 4.98. The van der Waals surface area contributed by atoms with Gasteiger partial charge < -0.3 is 19.6 Å². The lowest BCUT2D eigenvalue weighted by Gasteiger charge is -2.04. The van der Waals surface area contributed by atoms with Crippen molar-refractivity contribution in [3.63, 3.8) is 0 Å². The molecule has 0 aliphatic heterocycles. The summed E-state index contributed by atoms with van der Waals surface area (Å²) in [7, 11) is 1.64. The molecule has 2 heterocycles. The molecule has 0 radical (unpaired) electrons. The minimum atomic E-state index is 0.271. The second-order valence-corrected chi connectivity index (χ2v) is 7.01. The number of hydrogen-bond acceptors (Lipinski definition) is 9. The van der Waals surface area contributed by atoms with Crippen molar-refractivity contribution in [1.29, 1.82) is 0 Å². The van der Waals surface area contributed by atoms with Crippen molar-refractivity contribution in [3.05, 3.63) is 42.0 Å². The zero-order chi connectivity index (χ0) is 19.5. The van der Waals surface area contributed by atoms with E-state index >= 15 is 0 Å². The number of ether oxygens (including phenoxy) is 2. The van der Waals surface area contributed by atoms with Gasteiger partial charge in [0.1, 0.15) is 23.6 Å². The summed E-state index contributed by atoms with van der Waals surface area (Å²) in [5, 5.41) is 11.9. The zero-order valence-corrected chi connectivity index (χ0v) is 16.2. The number of rotatable bonds is 7. The standard InChI is InChI=1S/C19H19N5O3S/c1-11-3-8-14-15(16(11)25-2)21-19(28-14)22-18-24-23-17(27-18)12-4-6-13(7-5-12)26-10-9-20/h3-8H,9-10,20H2,1-2H3,(H,21,22,24). The lowest BCUT2D eigenvalue weighted by molar-refractivity contribution is 0.328. The van der Waals surface area contributed by atoms with Crippen molar-refractivity contribution in [2.24, 2.45) is 5.73 Å². The van der Waals surface area contributed by atoms with E-state index in [0.29, 0.717) is 24.2 Å². The number of nitrogens with one attached hydrogen (secondary N) is 1. The van der Waals surface area contributed by atoms with Crippen molar-refractivity contribution in [2.45, 2.75) is 6.92 Å². The molecule has 2 aromatic carbocycles. The van der Waals surface area contributed by atoms with Crippen molar-refractivity contribution < 1.29 is 13.9 Å². The molecule has 9 heteroatoms. The van der Waals surface area contributed by atoms with Gasteiger partial charge in [0, 0.05) is 12.1 Å². The minimum absolute atomic E-state index is 0.271. The number of hydrogen-bond donors (Lipinski definition) is 2. The van der Waals surface area contributed by atoms with Crippen LogP contribution in [0.15, 0.2) is 40.8 Å². The predicted octanol–water partition coefficient (Wildman–Crippen LogP) is 3.74. The van der Waals surface area contributed by atoms with Gasteiger partial charge in [-0.2, -0.15) is 0 Å². The van der Waals surface area contributed by atoms with Crippen LogP contribution in [-0.2, 0) is 0 Å². The molecule has 0 aliphatic rings. The smallest absolute Gasteiger partial charge is 0.322 e. The van der Waals surface area contributed by atoms with Crippen LogP contribution < -0.4 is 20.5 Å². The first-order valence-corrected chi connectivity index (χ1v) is 9.47. The molecule has 8 nitrogen and oxygen atoms in total. The van der Waals surface area contributed by atoms with Gasteiger partial charge in [0.25, 0.3) is 0 Å². The summed E-state index contributed by atoms with van der Waals surface area (Å²) in [4.78, 5) is 4.59. The topological polar surface area (TPSA) is 108 Å². The number of benzene rings is 2. The number of anilines is 2. The Hall–Kier alpha value is -3.17. The van der Waals surface area contributed by atoms with Gasteiger partial charge in [-0.25, -0.2) is 4.98 Å². The van der Waals surface area contributed by atoms with E-state index in [1.807, 2.05) is 43.3 Å². The molecule has 0 fully saturated rings. The number of thiazole rings is 1. The Kier molecular flexibility index (Phi) is 5.09. The van der Waals surface area contributed by atoms with Gasteiger partial charge in [-0.05, 0) is 42.8 Å². The number of aryl methyl sites for hydroxylation is 1. The highest BCUT2D eigenvalue weighted by Crippen LogP contribution is 2.35. The van der Waals surface area contributed by atoms with E-state index in [4.69, 9.17) is 19.6 Å². The van der Waals surface area contributed by atoms with Crippen LogP contribution in [0.5, 0.6) is 11.5 Å². The van der Waals surface area contributed by atoms with Gasteiger partial charge in [0.15, 0.2) is 5.13 Å². The fourth-order valence-corrected chi connectivity index (χ4v) is 3.59. The zero-order valence-electron chi connectivity index (χ0n) is 15.4. The normalized spacial score (nSPS) is 11.0. The fraction of sp³-hybridized carbons (Fsp3) is 0.211. The second-order valence-electron chi connectivity index (χ2n) is 5.98. The molecule has 0 atom stereocenters. The van der Waals surface area contributed by atoms with Gasteiger partial charge >= 0.3 is 6.01 Å². The number of methoxy groups -OCH3 is 1. The average Bonchev–Trinajstić information content (AvgIpc) is 3.34. The van der Waals surface area contributed by atoms with Crippen LogP contribution in [0.1, 0.15) is 5.56 Å². The maximum atomic E-state index is 5.71. The van der Waals surface area contributed by atoms with Gasteiger partial charge in [0.05, 0.1) is 11.8 Å². The third kappa shape index (κ3) is 3.62. The minimum Gasteiger partial charge on any atom is -0.494 e. The predicted molar refractivity (Wildman–Crippen MR) is 108 cm³/mol. The van der Waals surface area contributed by atoms with Crippen molar-refractivity contribution >= 4 is 32.7 Å². The van der Waals surface area contributed by atoms with Gasteiger partial charge in [-0.1, -0.05) is 22.5 Å². The molecule has 28 heavy (non-hydrogen) atoms. The Morgan fingerprint density at radius 1 is 1.14 bits per heavy atom. The quantitative estimate of drug-likeness (QED) is 0.485. The van der Waals surface area contributed by atoms with E-state index in [9.17, 15) is 0 Å². The largest absolute Gasteiger partial charge is 0.494 e. The van der Waals surface area contributed by atoms with E-state index < -0.39 is 0 Å². The molecular weight excluding hydrogens is 378 g/mol. The second kappa shape index (κ2) is 7.83. The van der Waals surface area contributed by atoms with E-state index in [1.54, 1.807) is 7.11 Å². The number of nitrogens with zero attached hydrogens (tertiary/aromatic N) is 3. The lowest BCUT2D eigenvalue weighted by atomic mass is 10.2. The molecule has 4 aromatic rings. The highest BCUT2D eigenvalue weighted by atomic mass is 32.1. The first-order chi connectivity index (χ1) is 13.7. The number of aromatic nitrogens is 3. The monoisotopic (exact) mass is 397 g/mol. The first-order valence-electron chi connectivity index (χ1n) is 8.66. The Labute approximate surface area is 165 Å². The van der Waals surface area contributed by atoms with Crippen LogP contribution in [0, 0.1) is 6.92 Å². The maximum absolute atomic E-state index is 5.71. The van der Waals surface area contributed by atoms with E-state index in [0.717, 1.165) is 32.8 Å². The van der Waals surface area contributed by atoms with Crippen LogP contribution in [0.3, 0.4) is 0 Å². The fourth-order valence-electron chi connectivity index (χ4n) is 2.73. The summed E-state index contributed by atoms with van der Waals surface area (Å²) in [6.45, 7) is 2.93. The first kappa shape index (κ1) is 18.2. The van der Waals surface area contributed by atoms with Crippen molar-refractivity contribution in [3.8, 4) is 23.0 Å². The van der Waals surface area contributed by atoms with Crippen molar-refractivity contribution in [1.82, 2.24) is 15.2 Å². The Morgan fingerprint density at radius 3 is 2.71 bits per heavy atom. The van der Waals surface area contributed by atoms with Crippen LogP contribution in [-0.4, -0.2) is 35.4 Å². The van der Waals surface area contributed by atoms with Gasteiger partial charge in [-0.15, -0.1) is 5.10 Å². The molecule has 0 unspecified atom stereocenters. The molecule has 2 aromatic heterocycles. The number of nitrogens with two attached hydrogens (primary N) is 1. The summed E-state index contributed by atoms with van der Waals surface area (Å²) in [5.41, 5.74) is 8.07. The van der Waals surface area contributed by atoms with E-state index in [1.165, 1.54) is 11.3 Å². The molecule has 3 N–H and O–H groups in total. The maximum Gasteiger partial charge on any atom is 0.322 e. The highest BCUT2D eigenvalue weighted by molar-refractivity contribution is 7.22. The molecule has 0 bridgehead atoms. The Balaban J connectivity index is 1.53. The van der Waals surface area contributed by atoms with Crippen LogP contribution in [0.2, 0.25) is 0 Å². The van der Waals surface area contributed by atoms with Crippen LogP contribution in [0.25, 0.3) is 21.7 Å². The molecular formula is C19H19N5O3S. The molecule has 0 amide bonds. The highest BCUT2D eigenvalue weighted by Gasteiger charge is 2.14. The molecule has 0 aliphatic carbocycles. The Bertz CT molecular complexity index is 1090. The SMILES string of the molecule is COc1c(C)ccc2sc(Nc3nnc(-c4ccc(OCCN)cc4)o3)nc12. The van der Waals surface area contributed by atoms with Crippen LogP contribution in [0.4, 0.5) is 11.1 Å². The van der Waals surface area contributed by atoms with E-state index in [2.05, 4.69) is 20.5 Å². The summed E-state index contributed by atoms with van der Waals surface area (Å²) < 4.78 is 17.7. The molecule has 144 valence electrons. The van der Waals surface area contributed by atoms with Crippen molar-refractivity contribution in [2.75, 3.05) is 25.6 Å². The van der Waals surface area contributed by atoms with Gasteiger partial charge in [-0.3, -0.25) is 5.32 Å². The summed E-state index contributed by atoms with van der Waals surface area (Å²) in [6.07, 6.45) is 0.